The summed E-state index contributed by atoms with van der Waals surface area (Å²) in [4.78, 5) is 15.9. The van der Waals surface area contributed by atoms with Crippen LogP contribution in [0.5, 0.6) is 0 Å². The summed E-state index contributed by atoms with van der Waals surface area (Å²) in [7, 11) is 0. The van der Waals surface area contributed by atoms with Gasteiger partial charge in [0.25, 0.3) is 0 Å². The van der Waals surface area contributed by atoms with Crippen molar-refractivity contribution in [3.05, 3.63) is 0 Å². The Morgan fingerprint density at radius 2 is 2.38 bits per heavy atom. The van der Waals surface area contributed by atoms with Crippen LogP contribution in [0, 0.1) is 0 Å². The highest BCUT2D eigenvalue weighted by molar-refractivity contribution is 5.76. The van der Waals surface area contributed by atoms with Crippen LogP contribution in [-0.2, 0) is 0 Å². The third kappa shape index (κ3) is 2.78. The van der Waals surface area contributed by atoms with E-state index >= 15 is 0 Å². The van der Waals surface area contributed by atoms with Crippen molar-refractivity contribution in [1.82, 2.24) is 10.4 Å². The van der Waals surface area contributed by atoms with Gasteiger partial charge in [0.15, 0.2) is 6.34 Å². The minimum atomic E-state index is -0.283. The molecule has 1 atom stereocenters. The fraction of sp³-hybridized carbons (Fsp3) is 0.800. The van der Waals surface area contributed by atoms with E-state index in [9.17, 15) is 10.0 Å². The van der Waals surface area contributed by atoms with Gasteiger partial charge in [-0.3, -0.25) is 5.21 Å². The summed E-state index contributed by atoms with van der Waals surface area (Å²) in [6.07, 6.45) is 2.54. The molecule has 0 aliphatic carbocycles. The first kappa shape index (κ1) is 13.1. The molecule has 0 aromatic carbocycles. The van der Waals surface area contributed by atoms with Gasteiger partial charge in [0.2, 0.25) is 0 Å². The number of nitrogens with zero attached hydrogens (tertiary/aromatic N) is 3. The number of hydrogen-bond donors (Lipinski definition) is 2. The highest BCUT2D eigenvalue weighted by Crippen LogP contribution is 2.13. The molecule has 0 spiro atoms. The topological polar surface area (TPSA) is 64.9 Å². The van der Waals surface area contributed by atoms with Crippen LogP contribution in [-0.4, -0.2) is 60.0 Å². The van der Waals surface area contributed by atoms with Gasteiger partial charge in [-0.05, 0) is 13.5 Å². The average molecular weight is 229 g/mol. The third-order valence-electron chi connectivity index (χ3n) is 2.85. The number of urea groups is 1. The Labute approximate surface area is 96.1 Å². The fourth-order valence-corrected chi connectivity index (χ4v) is 1.80. The van der Waals surface area contributed by atoms with E-state index < -0.39 is 0 Å². The zero-order chi connectivity index (χ0) is 12.0. The molecular formula is C10H21N4O2+. The Hall–Kier alpha value is -0.980. The zero-order valence-corrected chi connectivity index (χ0v) is 10.0. The first-order valence-electron chi connectivity index (χ1n) is 5.75. The van der Waals surface area contributed by atoms with Crippen molar-refractivity contribution in [2.24, 2.45) is 4.99 Å². The second-order valence-corrected chi connectivity index (χ2v) is 3.90. The van der Waals surface area contributed by atoms with E-state index in [1.807, 2.05) is 13.8 Å². The molecule has 0 saturated carbocycles. The summed E-state index contributed by atoms with van der Waals surface area (Å²) < 4.78 is 0.113. The van der Waals surface area contributed by atoms with Gasteiger partial charge < -0.3 is 5.32 Å². The molecule has 6 nitrogen and oxygen atoms in total. The van der Waals surface area contributed by atoms with Gasteiger partial charge in [0, 0.05) is 13.0 Å². The molecule has 1 aliphatic rings. The van der Waals surface area contributed by atoms with E-state index in [4.69, 9.17) is 0 Å². The highest BCUT2D eigenvalue weighted by Gasteiger charge is 2.40. The van der Waals surface area contributed by atoms with Crippen LogP contribution >= 0.6 is 0 Å². The number of hydrogen-bond acceptors (Lipinski definition) is 4. The molecule has 16 heavy (non-hydrogen) atoms. The Morgan fingerprint density at radius 1 is 1.62 bits per heavy atom. The number of carbonyl (C=O) groups is 1. The highest BCUT2D eigenvalue weighted by atomic mass is 16.5. The van der Waals surface area contributed by atoms with Crippen molar-refractivity contribution in [1.29, 1.82) is 0 Å². The van der Waals surface area contributed by atoms with E-state index in [0.29, 0.717) is 18.2 Å². The van der Waals surface area contributed by atoms with Crippen molar-refractivity contribution in [2.75, 3.05) is 32.8 Å². The van der Waals surface area contributed by atoms with E-state index in [0.717, 1.165) is 19.5 Å². The van der Waals surface area contributed by atoms with Crippen molar-refractivity contribution in [2.45, 2.75) is 20.3 Å². The summed E-state index contributed by atoms with van der Waals surface area (Å²) >= 11 is 0. The number of carbonyl (C=O) groups excluding carboxylic acids is 1. The Balaban J connectivity index is 2.58. The predicted octanol–water partition coefficient (Wildman–Crippen LogP) is 0.633. The summed E-state index contributed by atoms with van der Waals surface area (Å²) in [5.41, 5.74) is 0. The summed E-state index contributed by atoms with van der Waals surface area (Å²) in [5.74, 6) is 0. The summed E-state index contributed by atoms with van der Waals surface area (Å²) in [6, 6.07) is -0.283. The molecule has 92 valence electrons. The maximum atomic E-state index is 11.9. The molecule has 6 heteroatoms. The number of hydroxylamine groups is 2. The second-order valence-electron chi connectivity index (χ2n) is 3.90. The number of amides is 2. The lowest BCUT2D eigenvalue weighted by molar-refractivity contribution is -0.759. The first-order valence-corrected chi connectivity index (χ1v) is 5.75. The summed E-state index contributed by atoms with van der Waals surface area (Å²) in [5, 5.41) is 13.3. The van der Waals surface area contributed by atoms with Crippen molar-refractivity contribution in [3.8, 4) is 0 Å². The number of rotatable bonds is 6. The summed E-state index contributed by atoms with van der Waals surface area (Å²) in [6.45, 7) is 7.12. The molecular weight excluding hydrogens is 208 g/mol. The Bertz CT molecular complexity index is 270. The molecule has 2 N–H and O–H groups in total. The molecule has 2 amide bonds. The van der Waals surface area contributed by atoms with E-state index in [1.165, 1.54) is 0 Å². The molecule has 1 rings (SSSR count). The molecule has 0 saturated heterocycles. The normalized spacial score (nSPS) is 25.2. The van der Waals surface area contributed by atoms with Gasteiger partial charge in [-0.25, -0.2) is 9.79 Å². The Kier molecular flexibility index (Phi) is 4.85. The maximum absolute atomic E-state index is 11.9. The SMILES string of the molecule is CCNCCC[N+]1(CC)C=NCN(O)C1=O. The van der Waals surface area contributed by atoms with Gasteiger partial charge in [-0.1, -0.05) is 6.92 Å². The lowest BCUT2D eigenvalue weighted by Crippen LogP contribution is -2.60. The molecule has 1 heterocycles. The van der Waals surface area contributed by atoms with Gasteiger partial charge >= 0.3 is 6.03 Å². The van der Waals surface area contributed by atoms with Crippen molar-refractivity contribution < 1.29 is 14.5 Å². The van der Waals surface area contributed by atoms with Crippen LogP contribution < -0.4 is 5.32 Å². The second kappa shape index (κ2) is 5.93. The van der Waals surface area contributed by atoms with E-state index in [1.54, 1.807) is 6.34 Å². The van der Waals surface area contributed by atoms with Gasteiger partial charge in [0.1, 0.15) is 6.67 Å². The third-order valence-corrected chi connectivity index (χ3v) is 2.85. The van der Waals surface area contributed by atoms with Crippen molar-refractivity contribution in [3.63, 3.8) is 0 Å². The van der Waals surface area contributed by atoms with Gasteiger partial charge in [0.05, 0.1) is 13.1 Å². The Morgan fingerprint density at radius 3 is 3.00 bits per heavy atom. The minimum absolute atomic E-state index is 0.0477. The number of quaternary nitrogens is 1. The molecule has 0 fully saturated rings. The average Bonchev–Trinajstić information content (AvgIpc) is 2.30. The first-order chi connectivity index (χ1) is 7.66. The van der Waals surface area contributed by atoms with Gasteiger partial charge in [-0.15, -0.1) is 0 Å². The smallest absolute Gasteiger partial charge is 0.317 e. The maximum Gasteiger partial charge on any atom is 0.450 e. The van der Waals surface area contributed by atoms with Crippen LogP contribution in [0.25, 0.3) is 0 Å². The van der Waals surface area contributed by atoms with E-state index in [2.05, 4.69) is 10.3 Å². The standard InChI is InChI=1S/C10H21N4O2/c1-3-11-6-5-7-14(4-2)9-12-8-13(16)10(14)15/h9,11,16H,3-8H2,1-2H3/q+1. The van der Waals surface area contributed by atoms with Crippen LogP contribution in [0.4, 0.5) is 4.79 Å². The lowest BCUT2D eigenvalue weighted by atomic mass is 10.3. The molecule has 1 unspecified atom stereocenters. The number of nitrogens with one attached hydrogen (secondary N) is 1. The van der Waals surface area contributed by atoms with Crippen LogP contribution in [0.1, 0.15) is 20.3 Å². The minimum Gasteiger partial charge on any atom is -0.317 e. The lowest BCUT2D eigenvalue weighted by Gasteiger charge is -2.34. The number of aliphatic imine (C=N–C) groups is 1. The van der Waals surface area contributed by atoms with Gasteiger partial charge in [-0.2, -0.15) is 9.55 Å². The van der Waals surface area contributed by atoms with Crippen LogP contribution in [0.2, 0.25) is 0 Å². The molecule has 1 aliphatic heterocycles. The predicted molar refractivity (Wildman–Crippen MR) is 61.2 cm³/mol. The monoisotopic (exact) mass is 229 g/mol. The molecule has 0 aromatic rings. The zero-order valence-electron chi connectivity index (χ0n) is 10.0. The van der Waals surface area contributed by atoms with E-state index in [-0.39, 0.29) is 17.2 Å². The van der Waals surface area contributed by atoms with Crippen LogP contribution in [0.3, 0.4) is 0 Å². The fourth-order valence-electron chi connectivity index (χ4n) is 1.80. The van der Waals surface area contributed by atoms with Crippen molar-refractivity contribution >= 4 is 12.4 Å². The van der Waals surface area contributed by atoms with Crippen LogP contribution in [0.15, 0.2) is 4.99 Å². The molecule has 0 bridgehead atoms. The molecule has 0 aromatic heterocycles. The molecule has 0 radical (unpaired) electrons. The largest absolute Gasteiger partial charge is 0.450 e. The quantitative estimate of drug-likeness (QED) is 0.399.